The molecule has 0 saturated carbocycles. The predicted molar refractivity (Wildman–Crippen MR) is 107 cm³/mol. The van der Waals surface area contributed by atoms with Gasteiger partial charge in [-0.1, -0.05) is 41.9 Å². The molecule has 4 rings (SSSR count). The van der Waals surface area contributed by atoms with Crippen LogP contribution in [0.3, 0.4) is 0 Å². The summed E-state index contributed by atoms with van der Waals surface area (Å²) in [5.74, 6) is -0.928. The van der Waals surface area contributed by atoms with Crippen molar-refractivity contribution in [1.82, 2.24) is 9.78 Å². The van der Waals surface area contributed by atoms with Crippen molar-refractivity contribution in [2.45, 2.75) is 0 Å². The van der Waals surface area contributed by atoms with Gasteiger partial charge >= 0.3 is 0 Å². The van der Waals surface area contributed by atoms with E-state index >= 15 is 0 Å². The van der Waals surface area contributed by atoms with Gasteiger partial charge in [0.2, 0.25) is 0 Å². The van der Waals surface area contributed by atoms with Gasteiger partial charge in [0.05, 0.1) is 16.4 Å². The minimum atomic E-state index is -0.618. The summed E-state index contributed by atoms with van der Waals surface area (Å²) in [6, 6.07) is 16.2. The summed E-state index contributed by atoms with van der Waals surface area (Å²) in [5.41, 5.74) is 6.54. The van der Waals surface area contributed by atoms with Gasteiger partial charge in [0.25, 0.3) is 11.8 Å². The number of aromatic nitrogens is 2. The predicted octanol–water partition coefficient (Wildman–Crippen LogP) is 4.09. The van der Waals surface area contributed by atoms with Crippen LogP contribution < -0.4 is 11.1 Å². The molecule has 2 heterocycles. The lowest BCUT2D eigenvalue weighted by Gasteiger charge is -2.10. The molecule has 2 aromatic heterocycles. The monoisotopic (exact) mass is 396 g/mol. The first-order valence-corrected chi connectivity index (χ1v) is 9.17. The van der Waals surface area contributed by atoms with E-state index in [4.69, 9.17) is 17.3 Å². The Labute approximate surface area is 163 Å². The number of benzene rings is 2. The molecule has 0 spiro atoms. The third-order valence-electron chi connectivity index (χ3n) is 3.98. The lowest BCUT2D eigenvalue weighted by atomic mass is 10.2. The van der Waals surface area contributed by atoms with Crippen molar-refractivity contribution in [3.05, 3.63) is 76.4 Å². The summed E-state index contributed by atoms with van der Waals surface area (Å²) in [6.07, 6.45) is 1.61. The Morgan fingerprint density at radius 1 is 1.07 bits per heavy atom. The van der Waals surface area contributed by atoms with Crippen LogP contribution in [0.1, 0.15) is 20.2 Å². The average Bonchev–Trinajstić information content (AvgIpc) is 3.28. The Balaban J connectivity index is 1.69. The maximum atomic E-state index is 12.8. The zero-order chi connectivity index (χ0) is 19.0. The van der Waals surface area contributed by atoms with Gasteiger partial charge < -0.3 is 11.1 Å². The number of amides is 2. The Kier molecular flexibility index (Phi) is 4.39. The van der Waals surface area contributed by atoms with E-state index in [1.165, 1.54) is 22.1 Å². The van der Waals surface area contributed by atoms with Crippen LogP contribution in [0, 0.1) is 0 Å². The van der Waals surface area contributed by atoms with E-state index in [1.54, 1.807) is 24.4 Å². The third kappa shape index (κ3) is 3.18. The van der Waals surface area contributed by atoms with Crippen molar-refractivity contribution >= 4 is 50.5 Å². The summed E-state index contributed by atoms with van der Waals surface area (Å²) >= 11 is 7.73. The molecule has 8 heteroatoms. The van der Waals surface area contributed by atoms with Gasteiger partial charge in [0.15, 0.2) is 0 Å². The highest BCUT2D eigenvalue weighted by Gasteiger charge is 2.18. The molecular formula is C19H13ClN4O2S. The number of hydrogen-bond donors (Lipinski definition) is 2. The first-order valence-electron chi connectivity index (χ1n) is 7.98. The summed E-state index contributed by atoms with van der Waals surface area (Å²) in [4.78, 5) is 24.5. The van der Waals surface area contributed by atoms with E-state index in [-0.39, 0.29) is 11.6 Å². The van der Waals surface area contributed by atoms with Gasteiger partial charge in [-0.25, -0.2) is 4.68 Å². The molecule has 134 valence electrons. The fourth-order valence-electron chi connectivity index (χ4n) is 2.71. The highest BCUT2D eigenvalue weighted by Crippen LogP contribution is 2.35. The second kappa shape index (κ2) is 6.86. The number of carbonyl (C=O) groups is 2. The molecule has 6 nitrogen and oxygen atoms in total. The number of hydrogen-bond acceptors (Lipinski definition) is 4. The molecule has 0 fully saturated rings. The van der Waals surface area contributed by atoms with Crippen molar-refractivity contribution in [3.63, 3.8) is 0 Å². The molecule has 0 saturated heterocycles. The smallest absolute Gasteiger partial charge is 0.269 e. The molecule has 0 aliphatic rings. The minimum Gasteiger partial charge on any atom is -0.364 e. The molecule has 0 radical (unpaired) electrons. The number of thiophene rings is 1. The minimum absolute atomic E-state index is 0.142. The summed E-state index contributed by atoms with van der Waals surface area (Å²) in [5, 5.41) is 8.30. The number of nitrogens with two attached hydrogens (primary N) is 1. The first-order chi connectivity index (χ1) is 13.0. The molecular weight excluding hydrogens is 384 g/mol. The van der Waals surface area contributed by atoms with Gasteiger partial charge in [0, 0.05) is 16.3 Å². The van der Waals surface area contributed by atoms with E-state index in [0.717, 1.165) is 10.1 Å². The van der Waals surface area contributed by atoms with Crippen LogP contribution in [-0.4, -0.2) is 21.6 Å². The molecule has 2 amide bonds. The lowest BCUT2D eigenvalue weighted by Crippen LogP contribution is -2.14. The number of nitrogens with zero attached hydrogens (tertiary/aromatic N) is 2. The molecule has 0 atom stereocenters. The Hall–Kier alpha value is -3.16. The van der Waals surface area contributed by atoms with Crippen LogP contribution in [0.4, 0.5) is 5.69 Å². The van der Waals surface area contributed by atoms with Crippen LogP contribution in [-0.2, 0) is 0 Å². The largest absolute Gasteiger partial charge is 0.364 e. The quantitative estimate of drug-likeness (QED) is 0.544. The molecule has 0 aliphatic carbocycles. The number of fused-ring (bicyclic) bond motifs is 1. The van der Waals surface area contributed by atoms with Gasteiger partial charge in [-0.3, -0.25) is 9.59 Å². The lowest BCUT2D eigenvalue weighted by molar-refractivity contribution is 0.0993. The SMILES string of the molecule is NC(=O)c1ccn(-c2ccccc2NC(=O)c2sc3ccccc3c2Cl)n1. The maximum absolute atomic E-state index is 12.8. The molecule has 0 unspecified atom stereocenters. The number of primary amides is 1. The van der Waals surface area contributed by atoms with Crippen LogP contribution in [0.5, 0.6) is 0 Å². The normalized spacial score (nSPS) is 10.9. The van der Waals surface area contributed by atoms with Crippen LogP contribution in [0.15, 0.2) is 60.8 Å². The standard InChI is InChI=1S/C19H13ClN4O2S/c20-16-11-5-1-4-8-15(11)27-17(16)19(26)22-12-6-2-3-7-14(12)24-10-9-13(23-24)18(21)25/h1-10H,(H2,21,25)(H,22,26). The van der Waals surface area contributed by atoms with Crippen molar-refractivity contribution in [2.24, 2.45) is 5.73 Å². The van der Waals surface area contributed by atoms with E-state index in [9.17, 15) is 9.59 Å². The first kappa shape index (κ1) is 17.3. The number of rotatable bonds is 4. The number of para-hydroxylation sites is 2. The van der Waals surface area contributed by atoms with Gasteiger partial charge in [-0.15, -0.1) is 11.3 Å². The zero-order valence-corrected chi connectivity index (χ0v) is 15.4. The Bertz CT molecular complexity index is 1180. The van der Waals surface area contributed by atoms with Crippen LogP contribution in [0.25, 0.3) is 15.8 Å². The van der Waals surface area contributed by atoms with Crippen molar-refractivity contribution in [2.75, 3.05) is 5.32 Å². The molecule has 3 N–H and O–H groups in total. The van der Waals surface area contributed by atoms with Crippen molar-refractivity contribution in [1.29, 1.82) is 0 Å². The van der Waals surface area contributed by atoms with Gasteiger partial charge in [-0.2, -0.15) is 5.10 Å². The maximum Gasteiger partial charge on any atom is 0.269 e. The van der Waals surface area contributed by atoms with Gasteiger partial charge in [-0.05, 0) is 24.3 Å². The molecule has 0 aliphatic heterocycles. The van der Waals surface area contributed by atoms with E-state index in [1.807, 2.05) is 30.3 Å². The summed E-state index contributed by atoms with van der Waals surface area (Å²) < 4.78 is 2.43. The van der Waals surface area contributed by atoms with E-state index in [0.29, 0.717) is 21.3 Å². The fraction of sp³-hybridized carbons (Fsp3) is 0. The summed E-state index contributed by atoms with van der Waals surface area (Å²) in [6.45, 7) is 0. The average molecular weight is 397 g/mol. The third-order valence-corrected chi connectivity index (χ3v) is 5.66. The second-order valence-corrected chi connectivity index (χ2v) is 7.15. The van der Waals surface area contributed by atoms with E-state index in [2.05, 4.69) is 10.4 Å². The topological polar surface area (TPSA) is 90.0 Å². The highest BCUT2D eigenvalue weighted by atomic mass is 35.5. The molecule has 0 bridgehead atoms. The van der Waals surface area contributed by atoms with Crippen LogP contribution in [0.2, 0.25) is 5.02 Å². The molecule has 4 aromatic rings. The fourth-order valence-corrected chi connectivity index (χ4v) is 4.12. The molecule has 27 heavy (non-hydrogen) atoms. The number of nitrogens with one attached hydrogen (secondary N) is 1. The van der Waals surface area contributed by atoms with E-state index < -0.39 is 5.91 Å². The van der Waals surface area contributed by atoms with Crippen molar-refractivity contribution in [3.8, 4) is 5.69 Å². The number of anilines is 1. The second-order valence-electron chi connectivity index (χ2n) is 5.72. The highest BCUT2D eigenvalue weighted by molar-refractivity contribution is 7.21. The van der Waals surface area contributed by atoms with Crippen LogP contribution >= 0.6 is 22.9 Å². The molecule has 2 aromatic carbocycles. The van der Waals surface area contributed by atoms with Gasteiger partial charge in [0.1, 0.15) is 10.6 Å². The zero-order valence-electron chi connectivity index (χ0n) is 13.8. The van der Waals surface area contributed by atoms with Crippen molar-refractivity contribution < 1.29 is 9.59 Å². The Morgan fingerprint density at radius 2 is 1.81 bits per heavy atom. The number of carbonyl (C=O) groups excluding carboxylic acids is 2. The summed E-state index contributed by atoms with van der Waals surface area (Å²) in [7, 11) is 0. The Morgan fingerprint density at radius 3 is 2.56 bits per heavy atom. The number of halogens is 1.